The van der Waals surface area contributed by atoms with Crippen LogP contribution in [0.2, 0.25) is 0 Å². The standard InChI is InChI=1S/C8H8O.C8H6O.C7H6O2.3C2H6.4CH4/c2*1-2-4-8-7(3-1)5-6-9-8;1-2-4-7-6(3-1)8-5-9-7;3*1-2;;;;/h1-4H,5-6H2;1-6H;1-4H,5H2;3*1-2H3;4*1H4. The van der Waals surface area contributed by atoms with E-state index in [0.29, 0.717) is 6.79 Å². The van der Waals surface area contributed by atoms with Gasteiger partial charge in [-0.25, -0.2) is 0 Å². The normalized spacial score (nSPS) is 9.89. The van der Waals surface area contributed by atoms with Crippen molar-refractivity contribution in [2.24, 2.45) is 0 Å². The van der Waals surface area contributed by atoms with Crippen LogP contribution < -0.4 is 14.2 Å². The molecule has 0 radical (unpaired) electrons. The van der Waals surface area contributed by atoms with Crippen molar-refractivity contribution in [3.05, 3.63) is 90.7 Å². The van der Waals surface area contributed by atoms with Crippen LogP contribution in [-0.2, 0) is 6.42 Å². The quantitative estimate of drug-likeness (QED) is 0.234. The zero-order chi connectivity index (χ0) is 24.3. The Morgan fingerprint density at radius 3 is 1.54 bits per heavy atom. The molecule has 0 N–H and O–H groups in total. The number of benzene rings is 3. The summed E-state index contributed by atoms with van der Waals surface area (Å²) in [6.07, 6.45) is 2.78. The lowest BCUT2D eigenvalue weighted by Crippen LogP contribution is -1.92. The fraction of sp³-hybridized carbons (Fsp3) is 0.394. The van der Waals surface area contributed by atoms with E-state index in [9.17, 15) is 0 Å². The molecule has 4 nitrogen and oxygen atoms in total. The van der Waals surface area contributed by atoms with Crippen LogP contribution in [0.1, 0.15) is 76.8 Å². The third-order valence-electron chi connectivity index (χ3n) is 4.24. The Hall–Kier alpha value is -3.40. The Labute approximate surface area is 228 Å². The van der Waals surface area contributed by atoms with Crippen LogP contribution >= 0.6 is 0 Å². The molecule has 0 fully saturated rings. The van der Waals surface area contributed by atoms with Gasteiger partial charge in [-0.15, -0.1) is 0 Å². The van der Waals surface area contributed by atoms with Crippen molar-refractivity contribution in [1.29, 1.82) is 0 Å². The zero-order valence-electron chi connectivity index (χ0n) is 20.8. The van der Waals surface area contributed by atoms with E-state index in [-0.39, 0.29) is 29.7 Å². The van der Waals surface area contributed by atoms with Crippen molar-refractivity contribution in [2.45, 2.75) is 77.7 Å². The van der Waals surface area contributed by atoms with Gasteiger partial charge in [0.25, 0.3) is 0 Å². The molecule has 0 spiro atoms. The molecule has 6 rings (SSSR count). The van der Waals surface area contributed by atoms with Gasteiger partial charge in [-0.3, -0.25) is 0 Å². The summed E-state index contributed by atoms with van der Waals surface area (Å²) in [5.41, 5.74) is 2.30. The fourth-order valence-corrected chi connectivity index (χ4v) is 2.87. The van der Waals surface area contributed by atoms with Gasteiger partial charge in [0.2, 0.25) is 6.79 Å². The highest BCUT2D eigenvalue weighted by molar-refractivity contribution is 5.76. The molecule has 0 amide bonds. The van der Waals surface area contributed by atoms with Gasteiger partial charge in [-0.05, 0) is 35.9 Å². The average molecular weight is 515 g/mol. The summed E-state index contributed by atoms with van der Waals surface area (Å²) >= 11 is 0. The van der Waals surface area contributed by atoms with Gasteiger partial charge in [-0.1, -0.05) is 120 Å². The average Bonchev–Trinajstić information content (AvgIpc) is 3.69. The van der Waals surface area contributed by atoms with Gasteiger partial charge < -0.3 is 18.6 Å². The fourth-order valence-electron chi connectivity index (χ4n) is 2.87. The Balaban J connectivity index is -0.000000191. The molecule has 3 aromatic carbocycles. The van der Waals surface area contributed by atoms with Crippen LogP contribution in [0.5, 0.6) is 17.2 Å². The molecule has 0 saturated carbocycles. The van der Waals surface area contributed by atoms with Crippen molar-refractivity contribution in [1.82, 2.24) is 0 Å². The van der Waals surface area contributed by atoms with E-state index in [2.05, 4.69) is 6.07 Å². The van der Waals surface area contributed by atoms with Crippen molar-refractivity contribution in [2.75, 3.05) is 13.4 Å². The first-order valence-electron chi connectivity index (χ1n) is 11.9. The van der Waals surface area contributed by atoms with Crippen LogP contribution in [0.3, 0.4) is 0 Å². The summed E-state index contributed by atoms with van der Waals surface area (Å²) in [5.74, 6) is 2.76. The molecule has 4 heteroatoms. The van der Waals surface area contributed by atoms with Crippen LogP contribution in [0.15, 0.2) is 89.5 Å². The van der Waals surface area contributed by atoms with E-state index in [1.807, 2.05) is 114 Å². The van der Waals surface area contributed by atoms with Crippen molar-refractivity contribution >= 4 is 11.0 Å². The maximum Gasteiger partial charge on any atom is 0.231 e. The van der Waals surface area contributed by atoms with Gasteiger partial charge in [-0.2, -0.15) is 0 Å². The SMILES string of the molecule is C.C.C.C.CC.CC.CC.c1ccc2c(c1)CCO2.c1ccc2c(c1)OCO2.c1ccc2occc2c1. The van der Waals surface area contributed by atoms with Crippen molar-refractivity contribution in [3.8, 4) is 17.2 Å². The van der Waals surface area contributed by atoms with Gasteiger partial charge in [0, 0.05) is 11.8 Å². The molecule has 0 aliphatic carbocycles. The number of para-hydroxylation sites is 4. The first-order valence-corrected chi connectivity index (χ1v) is 11.9. The second-order valence-corrected chi connectivity index (χ2v) is 6.02. The van der Waals surface area contributed by atoms with Crippen LogP contribution in [-0.4, -0.2) is 13.4 Å². The second kappa shape index (κ2) is 25.7. The van der Waals surface area contributed by atoms with E-state index >= 15 is 0 Å². The first-order chi connectivity index (χ1) is 16.4. The second-order valence-electron chi connectivity index (χ2n) is 6.02. The lowest BCUT2D eigenvalue weighted by molar-refractivity contribution is 0.174. The van der Waals surface area contributed by atoms with Crippen molar-refractivity contribution in [3.63, 3.8) is 0 Å². The van der Waals surface area contributed by atoms with E-state index in [4.69, 9.17) is 18.6 Å². The summed E-state index contributed by atoms with van der Waals surface area (Å²) < 4.78 is 20.6. The molecule has 4 aromatic rings. The highest BCUT2D eigenvalue weighted by Gasteiger charge is 2.09. The molecule has 1 aromatic heterocycles. The molecule has 2 aliphatic rings. The summed E-state index contributed by atoms with van der Waals surface area (Å²) in [4.78, 5) is 0. The number of hydrogen-bond donors (Lipinski definition) is 0. The topological polar surface area (TPSA) is 40.8 Å². The Morgan fingerprint density at radius 1 is 0.514 bits per heavy atom. The predicted molar refractivity (Wildman–Crippen MR) is 165 cm³/mol. The largest absolute Gasteiger partial charge is 0.493 e. The summed E-state index contributed by atoms with van der Waals surface area (Å²) in [6.45, 7) is 13.2. The minimum Gasteiger partial charge on any atom is -0.493 e. The number of furan rings is 1. The summed E-state index contributed by atoms with van der Waals surface area (Å²) in [5, 5.41) is 1.16. The number of rotatable bonds is 0. The van der Waals surface area contributed by atoms with Gasteiger partial charge in [0.15, 0.2) is 11.5 Å². The van der Waals surface area contributed by atoms with Gasteiger partial charge >= 0.3 is 0 Å². The minimum atomic E-state index is 0. The molecule has 0 atom stereocenters. The molecule has 0 unspecified atom stereocenters. The van der Waals surface area contributed by atoms with Gasteiger partial charge in [0.05, 0.1) is 12.9 Å². The molecule has 2 aliphatic heterocycles. The zero-order valence-corrected chi connectivity index (χ0v) is 20.8. The third kappa shape index (κ3) is 13.5. The maximum atomic E-state index is 5.30. The molecule has 37 heavy (non-hydrogen) atoms. The molecular weight excluding hydrogens is 460 g/mol. The Bertz CT molecular complexity index is 882. The molecular formula is C33H54O4. The third-order valence-corrected chi connectivity index (χ3v) is 4.24. The lowest BCUT2D eigenvalue weighted by atomic mass is 10.2. The molecule has 0 saturated heterocycles. The molecule has 0 bridgehead atoms. The molecule has 3 heterocycles. The number of ether oxygens (including phenoxy) is 3. The van der Waals surface area contributed by atoms with E-state index in [1.54, 1.807) is 6.26 Å². The molecule has 210 valence electrons. The monoisotopic (exact) mass is 514 g/mol. The van der Waals surface area contributed by atoms with E-state index in [0.717, 1.165) is 41.2 Å². The summed E-state index contributed by atoms with van der Waals surface area (Å²) in [6, 6.07) is 25.7. The van der Waals surface area contributed by atoms with Gasteiger partial charge in [0.1, 0.15) is 11.3 Å². The van der Waals surface area contributed by atoms with Crippen LogP contribution in [0.25, 0.3) is 11.0 Å². The summed E-state index contributed by atoms with van der Waals surface area (Å²) in [7, 11) is 0. The first kappa shape index (κ1) is 40.8. The lowest BCUT2D eigenvalue weighted by Gasteiger charge is -1.93. The smallest absolute Gasteiger partial charge is 0.231 e. The van der Waals surface area contributed by atoms with E-state index in [1.165, 1.54) is 5.56 Å². The highest BCUT2D eigenvalue weighted by Crippen LogP contribution is 2.30. The number of fused-ring (bicyclic) bond motifs is 3. The van der Waals surface area contributed by atoms with Crippen LogP contribution in [0.4, 0.5) is 0 Å². The Morgan fingerprint density at radius 2 is 1.00 bits per heavy atom. The van der Waals surface area contributed by atoms with Crippen molar-refractivity contribution < 1.29 is 18.6 Å². The minimum absolute atomic E-state index is 0. The van der Waals surface area contributed by atoms with E-state index < -0.39 is 0 Å². The number of hydrogen-bond acceptors (Lipinski definition) is 4. The maximum absolute atomic E-state index is 5.30. The highest BCUT2D eigenvalue weighted by atomic mass is 16.7. The van der Waals surface area contributed by atoms with Crippen LogP contribution in [0, 0.1) is 0 Å². The Kier molecular flexibility index (Phi) is 28.3. The predicted octanol–water partition coefficient (Wildman–Crippen LogP) is 11.1.